The second-order valence-corrected chi connectivity index (χ2v) is 3.93. The summed E-state index contributed by atoms with van der Waals surface area (Å²) in [7, 11) is 0. The molecule has 1 aromatic carbocycles. The number of halogens is 1. The molecule has 0 fully saturated rings. The summed E-state index contributed by atoms with van der Waals surface area (Å²) < 4.78 is 0. The van der Waals surface area contributed by atoms with E-state index >= 15 is 0 Å². The molecular formula is C13H10ClNO. The van der Waals surface area contributed by atoms with E-state index in [2.05, 4.69) is 4.98 Å². The Bertz CT molecular complexity index is 537. The molecule has 1 aromatic heterocycles. The summed E-state index contributed by atoms with van der Waals surface area (Å²) in [6.45, 7) is 1.92. The highest BCUT2D eigenvalue weighted by molar-refractivity contribution is 6.34. The second kappa shape index (κ2) is 4.45. The number of aryl methyl sites for hydroxylation is 1. The van der Waals surface area contributed by atoms with Crippen molar-refractivity contribution in [3.63, 3.8) is 0 Å². The predicted molar refractivity (Wildman–Crippen MR) is 63.9 cm³/mol. The molecule has 3 heteroatoms. The van der Waals surface area contributed by atoms with Crippen LogP contribution in [0.4, 0.5) is 0 Å². The molecule has 0 aliphatic carbocycles. The first-order valence-electron chi connectivity index (χ1n) is 4.90. The van der Waals surface area contributed by atoms with E-state index in [0.29, 0.717) is 16.3 Å². The molecule has 1 heterocycles. The second-order valence-electron chi connectivity index (χ2n) is 3.53. The Labute approximate surface area is 98.9 Å². The van der Waals surface area contributed by atoms with Crippen LogP contribution in [-0.2, 0) is 0 Å². The highest BCUT2D eigenvalue weighted by atomic mass is 35.5. The van der Waals surface area contributed by atoms with Gasteiger partial charge in [0.05, 0.1) is 5.02 Å². The van der Waals surface area contributed by atoms with Crippen molar-refractivity contribution in [3.05, 3.63) is 64.4 Å². The van der Waals surface area contributed by atoms with Crippen LogP contribution in [0.25, 0.3) is 0 Å². The molecule has 16 heavy (non-hydrogen) atoms. The Kier molecular flexibility index (Phi) is 3.02. The Morgan fingerprint density at radius 3 is 2.69 bits per heavy atom. The van der Waals surface area contributed by atoms with E-state index in [0.717, 1.165) is 5.56 Å². The summed E-state index contributed by atoms with van der Waals surface area (Å²) in [5.74, 6) is -0.144. The van der Waals surface area contributed by atoms with E-state index in [-0.39, 0.29) is 5.78 Å². The number of nitrogens with zero attached hydrogens (tertiary/aromatic N) is 1. The first kappa shape index (κ1) is 10.8. The lowest BCUT2D eigenvalue weighted by molar-refractivity contribution is 0.103. The molecule has 0 radical (unpaired) electrons. The van der Waals surface area contributed by atoms with Crippen molar-refractivity contribution in [3.8, 4) is 0 Å². The summed E-state index contributed by atoms with van der Waals surface area (Å²) >= 11 is 5.96. The lowest BCUT2D eigenvalue weighted by atomic mass is 10.1. The molecule has 0 atom stereocenters. The maximum absolute atomic E-state index is 12.1. The molecule has 0 amide bonds. The molecule has 2 aromatic rings. The van der Waals surface area contributed by atoms with E-state index in [9.17, 15) is 4.79 Å². The van der Waals surface area contributed by atoms with Gasteiger partial charge >= 0.3 is 0 Å². The van der Waals surface area contributed by atoms with E-state index in [4.69, 9.17) is 11.6 Å². The number of benzene rings is 1. The highest BCUT2D eigenvalue weighted by Crippen LogP contribution is 2.18. The van der Waals surface area contributed by atoms with Crippen molar-refractivity contribution in [1.82, 2.24) is 4.98 Å². The third-order valence-electron chi connectivity index (χ3n) is 2.27. The fourth-order valence-electron chi connectivity index (χ4n) is 1.44. The van der Waals surface area contributed by atoms with Gasteiger partial charge in [-0.1, -0.05) is 23.7 Å². The van der Waals surface area contributed by atoms with E-state index < -0.39 is 0 Å². The fraction of sp³-hybridized carbons (Fsp3) is 0.0769. The minimum atomic E-state index is -0.144. The van der Waals surface area contributed by atoms with Gasteiger partial charge in [0.2, 0.25) is 5.78 Å². The van der Waals surface area contributed by atoms with Gasteiger partial charge in [-0.25, -0.2) is 0 Å². The minimum Gasteiger partial charge on any atom is -0.287 e. The third kappa shape index (κ3) is 2.12. The van der Waals surface area contributed by atoms with Gasteiger partial charge in [-0.05, 0) is 36.8 Å². The SMILES string of the molecule is Cc1ccnc(C(=O)c2ccccc2Cl)c1. The van der Waals surface area contributed by atoms with Crippen molar-refractivity contribution in [2.24, 2.45) is 0 Å². The molecular weight excluding hydrogens is 222 g/mol. The van der Waals surface area contributed by atoms with Crippen LogP contribution in [0, 0.1) is 6.92 Å². The Morgan fingerprint density at radius 1 is 1.25 bits per heavy atom. The van der Waals surface area contributed by atoms with E-state index in [1.807, 2.05) is 13.0 Å². The number of pyridine rings is 1. The van der Waals surface area contributed by atoms with Crippen LogP contribution in [0.1, 0.15) is 21.6 Å². The lowest BCUT2D eigenvalue weighted by Crippen LogP contribution is -2.04. The quantitative estimate of drug-likeness (QED) is 0.743. The van der Waals surface area contributed by atoms with Gasteiger partial charge in [-0.15, -0.1) is 0 Å². The smallest absolute Gasteiger partial charge is 0.212 e. The highest BCUT2D eigenvalue weighted by Gasteiger charge is 2.13. The topological polar surface area (TPSA) is 30.0 Å². The number of hydrogen-bond donors (Lipinski definition) is 0. The zero-order valence-electron chi connectivity index (χ0n) is 8.77. The first-order chi connectivity index (χ1) is 7.68. The number of carbonyl (C=O) groups excluding carboxylic acids is 1. The fourth-order valence-corrected chi connectivity index (χ4v) is 1.67. The third-order valence-corrected chi connectivity index (χ3v) is 2.60. The number of carbonyl (C=O) groups is 1. The van der Waals surface area contributed by atoms with Gasteiger partial charge in [0.15, 0.2) is 0 Å². The first-order valence-corrected chi connectivity index (χ1v) is 5.28. The van der Waals surface area contributed by atoms with Gasteiger partial charge in [0, 0.05) is 11.8 Å². The Balaban J connectivity index is 2.44. The van der Waals surface area contributed by atoms with Gasteiger partial charge in [-0.2, -0.15) is 0 Å². The number of ketones is 1. The monoisotopic (exact) mass is 231 g/mol. The molecule has 0 saturated heterocycles. The van der Waals surface area contributed by atoms with Gasteiger partial charge in [0.1, 0.15) is 5.69 Å². The molecule has 80 valence electrons. The number of hydrogen-bond acceptors (Lipinski definition) is 2. The van der Waals surface area contributed by atoms with E-state index in [1.54, 1.807) is 36.5 Å². The molecule has 2 rings (SSSR count). The van der Waals surface area contributed by atoms with Crippen LogP contribution < -0.4 is 0 Å². The summed E-state index contributed by atoms with van der Waals surface area (Å²) in [5.41, 5.74) is 1.92. The predicted octanol–water partition coefficient (Wildman–Crippen LogP) is 3.27. The zero-order chi connectivity index (χ0) is 11.5. The summed E-state index contributed by atoms with van der Waals surface area (Å²) in [4.78, 5) is 16.1. The van der Waals surface area contributed by atoms with Crippen molar-refractivity contribution in [2.45, 2.75) is 6.92 Å². The average Bonchev–Trinajstić information content (AvgIpc) is 2.29. The summed E-state index contributed by atoms with van der Waals surface area (Å²) in [5, 5.41) is 0.454. The summed E-state index contributed by atoms with van der Waals surface area (Å²) in [6.07, 6.45) is 1.62. The van der Waals surface area contributed by atoms with Crippen LogP contribution >= 0.6 is 11.6 Å². The minimum absolute atomic E-state index is 0.144. The average molecular weight is 232 g/mol. The van der Waals surface area contributed by atoms with Gasteiger partial charge in [0.25, 0.3) is 0 Å². The Morgan fingerprint density at radius 2 is 2.00 bits per heavy atom. The molecule has 0 aliphatic heterocycles. The molecule has 0 N–H and O–H groups in total. The maximum atomic E-state index is 12.1. The van der Waals surface area contributed by atoms with Crippen molar-refractivity contribution in [1.29, 1.82) is 0 Å². The zero-order valence-corrected chi connectivity index (χ0v) is 9.53. The Hall–Kier alpha value is -1.67. The standard InChI is InChI=1S/C13H10ClNO/c1-9-6-7-15-12(8-9)13(16)10-4-2-3-5-11(10)14/h2-8H,1H3. The van der Waals surface area contributed by atoms with Crippen LogP contribution in [0.2, 0.25) is 5.02 Å². The van der Waals surface area contributed by atoms with Crippen LogP contribution in [0.15, 0.2) is 42.6 Å². The molecule has 0 spiro atoms. The van der Waals surface area contributed by atoms with Gasteiger partial charge in [-0.3, -0.25) is 9.78 Å². The molecule has 0 bridgehead atoms. The lowest BCUT2D eigenvalue weighted by Gasteiger charge is -2.03. The van der Waals surface area contributed by atoms with E-state index in [1.165, 1.54) is 0 Å². The van der Waals surface area contributed by atoms with Gasteiger partial charge < -0.3 is 0 Å². The number of rotatable bonds is 2. The normalized spacial score (nSPS) is 10.1. The summed E-state index contributed by atoms with van der Waals surface area (Å²) in [6, 6.07) is 10.6. The molecule has 0 saturated carbocycles. The largest absolute Gasteiger partial charge is 0.287 e. The van der Waals surface area contributed by atoms with Crippen LogP contribution in [-0.4, -0.2) is 10.8 Å². The number of aromatic nitrogens is 1. The van der Waals surface area contributed by atoms with Crippen molar-refractivity contribution < 1.29 is 4.79 Å². The van der Waals surface area contributed by atoms with Crippen LogP contribution in [0.5, 0.6) is 0 Å². The molecule has 0 aliphatic rings. The maximum Gasteiger partial charge on any atom is 0.212 e. The molecule has 2 nitrogen and oxygen atoms in total. The van der Waals surface area contributed by atoms with Crippen molar-refractivity contribution >= 4 is 17.4 Å². The van der Waals surface area contributed by atoms with Crippen molar-refractivity contribution in [2.75, 3.05) is 0 Å². The van der Waals surface area contributed by atoms with Crippen LogP contribution in [0.3, 0.4) is 0 Å². The molecule has 0 unspecified atom stereocenters.